The molecule has 0 spiro atoms. The number of carbonyl (C=O) groups is 2. The Hall–Kier alpha value is -3.27. The Balaban J connectivity index is 1.64. The van der Waals surface area contributed by atoms with Crippen molar-refractivity contribution in [2.75, 3.05) is 18.4 Å². The van der Waals surface area contributed by atoms with Gasteiger partial charge in [0.15, 0.2) is 0 Å². The summed E-state index contributed by atoms with van der Waals surface area (Å²) in [6.45, 7) is 0.320. The lowest BCUT2D eigenvalue weighted by molar-refractivity contribution is -0.385. The van der Waals surface area contributed by atoms with E-state index in [1.807, 2.05) is 0 Å². The Bertz CT molecular complexity index is 991. The van der Waals surface area contributed by atoms with E-state index in [-0.39, 0.29) is 30.6 Å². The van der Waals surface area contributed by atoms with Crippen molar-refractivity contribution < 1.29 is 14.5 Å². The van der Waals surface area contributed by atoms with Gasteiger partial charge >= 0.3 is 0 Å². The number of carbonyl (C=O) groups excluding carboxylic acids is 2. The van der Waals surface area contributed by atoms with Gasteiger partial charge in [0.05, 0.1) is 22.1 Å². The van der Waals surface area contributed by atoms with Crippen molar-refractivity contribution in [1.82, 2.24) is 14.5 Å². The Labute approximate surface area is 170 Å². The molecule has 2 aromatic heterocycles. The molecule has 0 aromatic carbocycles. The second kappa shape index (κ2) is 8.82. The summed E-state index contributed by atoms with van der Waals surface area (Å²) in [5, 5.41) is 14.0. The minimum absolute atomic E-state index is 0.196. The average molecular weight is 420 g/mol. The first-order chi connectivity index (χ1) is 13.8. The van der Waals surface area contributed by atoms with Crippen molar-refractivity contribution in [2.45, 2.75) is 19.4 Å². The van der Waals surface area contributed by atoms with Gasteiger partial charge in [0.2, 0.25) is 11.8 Å². The fraction of sp³-hybridized carbons (Fsp3) is 0.333. The first kappa shape index (κ1) is 20.5. The van der Waals surface area contributed by atoms with Crippen LogP contribution in [0.2, 0.25) is 5.02 Å². The number of aromatic nitrogens is 2. The predicted molar refractivity (Wildman–Crippen MR) is 105 cm³/mol. The number of amides is 2. The third kappa shape index (κ3) is 5.17. The smallest absolute Gasteiger partial charge is 0.285 e. The highest BCUT2D eigenvalue weighted by Gasteiger charge is 2.29. The fourth-order valence-electron chi connectivity index (χ4n) is 3.09. The van der Waals surface area contributed by atoms with E-state index in [1.165, 1.54) is 11.1 Å². The molecule has 1 aliphatic heterocycles. The van der Waals surface area contributed by atoms with Crippen LogP contribution in [0.4, 0.5) is 11.5 Å². The summed E-state index contributed by atoms with van der Waals surface area (Å²) in [4.78, 5) is 52.8. The number of nitrogens with one attached hydrogen (secondary N) is 1. The third-order valence-corrected chi connectivity index (χ3v) is 4.83. The molecular weight excluding hydrogens is 402 g/mol. The summed E-state index contributed by atoms with van der Waals surface area (Å²) in [5.41, 5.74) is -0.784. The highest BCUT2D eigenvalue weighted by molar-refractivity contribution is 6.30. The maximum atomic E-state index is 12.6. The molecule has 152 valence electrons. The van der Waals surface area contributed by atoms with Crippen molar-refractivity contribution in [1.29, 1.82) is 0 Å². The highest BCUT2D eigenvalue weighted by atomic mass is 35.5. The predicted octanol–water partition coefficient (Wildman–Crippen LogP) is 1.68. The summed E-state index contributed by atoms with van der Waals surface area (Å²) in [6.07, 6.45) is 3.70. The second-order valence-corrected chi connectivity index (χ2v) is 7.08. The van der Waals surface area contributed by atoms with Gasteiger partial charge in [0, 0.05) is 31.4 Å². The summed E-state index contributed by atoms with van der Waals surface area (Å²) >= 11 is 5.77. The number of likely N-dealkylation sites (tertiary alicyclic amines) is 1. The molecule has 0 aliphatic carbocycles. The van der Waals surface area contributed by atoms with Crippen molar-refractivity contribution in [2.24, 2.45) is 5.92 Å². The van der Waals surface area contributed by atoms with E-state index < -0.39 is 16.4 Å². The number of rotatable bonds is 5. The summed E-state index contributed by atoms with van der Waals surface area (Å²) in [7, 11) is 0. The lowest BCUT2D eigenvalue weighted by atomic mass is 9.97. The van der Waals surface area contributed by atoms with Crippen molar-refractivity contribution >= 4 is 34.9 Å². The first-order valence-corrected chi connectivity index (χ1v) is 9.26. The zero-order chi connectivity index (χ0) is 21.0. The van der Waals surface area contributed by atoms with E-state index in [0.29, 0.717) is 30.2 Å². The van der Waals surface area contributed by atoms with E-state index in [0.717, 1.165) is 22.9 Å². The monoisotopic (exact) mass is 419 g/mol. The lowest BCUT2D eigenvalue weighted by Gasteiger charge is -2.32. The van der Waals surface area contributed by atoms with Gasteiger partial charge in [-0.05, 0) is 25.0 Å². The van der Waals surface area contributed by atoms with Crippen molar-refractivity contribution in [3.63, 3.8) is 0 Å². The van der Waals surface area contributed by atoms with Crippen LogP contribution < -0.4 is 10.9 Å². The Morgan fingerprint density at radius 3 is 2.79 bits per heavy atom. The van der Waals surface area contributed by atoms with Crippen molar-refractivity contribution in [3.8, 4) is 0 Å². The molecule has 11 heteroatoms. The lowest BCUT2D eigenvalue weighted by Crippen LogP contribution is -2.45. The zero-order valence-corrected chi connectivity index (χ0v) is 16.0. The molecule has 2 aromatic rings. The van der Waals surface area contributed by atoms with Gasteiger partial charge in [-0.2, -0.15) is 0 Å². The van der Waals surface area contributed by atoms with Gasteiger partial charge < -0.3 is 10.2 Å². The van der Waals surface area contributed by atoms with E-state index >= 15 is 0 Å². The molecular formula is C18H18ClN5O5. The van der Waals surface area contributed by atoms with Crippen LogP contribution in [-0.2, 0) is 16.1 Å². The maximum Gasteiger partial charge on any atom is 0.285 e. The SMILES string of the molecule is O=C(Nc1ccc(Cl)cn1)C1CCCN(C(=O)Cn2cc([N+](=O)[O-])ccc2=O)C1. The number of piperidine rings is 1. The number of halogens is 1. The largest absolute Gasteiger partial charge is 0.340 e. The van der Waals surface area contributed by atoms with Crippen LogP contribution in [-0.4, -0.2) is 44.3 Å². The summed E-state index contributed by atoms with van der Waals surface area (Å²) in [5.74, 6) is -0.697. The zero-order valence-electron chi connectivity index (χ0n) is 15.3. The maximum absolute atomic E-state index is 12.6. The molecule has 1 unspecified atom stereocenters. The van der Waals surface area contributed by atoms with Gasteiger partial charge in [0.25, 0.3) is 11.2 Å². The van der Waals surface area contributed by atoms with Gasteiger partial charge in [-0.1, -0.05) is 11.6 Å². The van der Waals surface area contributed by atoms with E-state index in [2.05, 4.69) is 10.3 Å². The fourth-order valence-corrected chi connectivity index (χ4v) is 3.20. The van der Waals surface area contributed by atoms with Gasteiger partial charge in [0.1, 0.15) is 12.4 Å². The van der Waals surface area contributed by atoms with E-state index in [1.54, 1.807) is 12.1 Å². The van der Waals surface area contributed by atoms with Crippen LogP contribution in [0.15, 0.2) is 41.5 Å². The van der Waals surface area contributed by atoms with Crippen LogP contribution in [0, 0.1) is 16.0 Å². The number of pyridine rings is 2. The number of hydrogen-bond acceptors (Lipinski definition) is 6. The molecule has 3 heterocycles. The summed E-state index contributed by atoms with van der Waals surface area (Å²) in [6, 6.07) is 5.34. The molecule has 1 atom stereocenters. The Morgan fingerprint density at radius 1 is 1.31 bits per heavy atom. The average Bonchev–Trinajstić information content (AvgIpc) is 2.71. The van der Waals surface area contributed by atoms with Gasteiger partial charge in [-0.25, -0.2) is 4.98 Å². The molecule has 1 fully saturated rings. The van der Waals surface area contributed by atoms with Crippen LogP contribution in [0.1, 0.15) is 12.8 Å². The Kier molecular flexibility index (Phi) is 6.23. The standard InChI is InChI=1S/C18H18ClN5O5/c19-13-3-5-15(20-8-13)21-18(27)12-2-1-7-22(9-12)17(26)11-23-10-14(24(28)29)4-6-16(23)25/h3-6,8,10,12H,1-2,7,9,11H2,(H,20,21,27). The molecule has 1 N–H and O–H groups in total. The van der Waals surface area contributed by atoms with Crippen LogP contribution in [0.25, 0.3) is 0 Å². The number of hydrogen-bond donors (Lipinski definition) is 1. The quantitative estimate of drug-likeness (QED) is 0.580. The molecule has 1 aliphatic rings. The van der Waals surface area contributed by atoms with Gasteiger partial charge in [-0.15, -0.1) is 0 Å². The van der Waals surface area contributed by atoms with Crippen LogP contribution >= 0.6 is 11.6 Å². The first-order valence-electron chi connectivity index (χ1n) is 8.88. The summed E-state index contributed by atoms with van der Waals surface area (Å²) < 4.78 is 1.00. The van der Waals surface area contributed by atoms with E-state index in [4.69, 9.17) is 11.6 Å². The molecule has 0 bridgehead atoms. The Morgan fingerprint density at radius 2 is 2.10 bits per heavy atom. The molecule has 1 saturated heterocycles. The second-order valence-electron chi connectivity index (χ2n) is 6.64. The molecule has 29 heavy (non-hydrogen) atoms. The van der Waals surface area contributed by atoms with Crippen LogP contribution in [0.5, 0.6) is 0 Å². The minimum Gasteiger partial charge on any atom is -0.340 e. The number of anilines is 1. The minimum atomic E-state index is -0.632. The molecule has 3 rings (SSSR count). The number of nitro groups is 1. The highest BCUT2D eigenvalue weighted by Crippen LogP contribution is 2.19. The molecule has 2 amide bonds. The van der Waals surface area contributed by atoms with Crippen LogP contribution in [0.3, 0.4) is 0 Å². The topological polar surface area (TPSA) is 127 Å². The van der Waals surface area contributed by atoms with E-state index in [9.17, 15) is 24.5 Å². The van der Waals surface area contributed by atoms with Crippen molar-refractivity contribution in [3.05, 3.63) is 62.1 Å². The molecule has 10 nitrogen and oxygen atoms in total. The molecule has 0 radical (unpaired) electrons. The molecule has 0 saturated carbocycles. The third-order valence-electron chi connectivity index (χ3n) is 4.61. The van der Waals surface area contributed by atoms with Gasteiger partial charge in [-0.3, -0.25) is 29.1 Å². The normalized spacial score (nSPS) is 16.3. The number of nitrogens with zero attached hydrogens (tertiary/aromatic N) is 4.